The average Bonchev–Trinajstić information content (AvgIpc) is 3.48. The molecule has 160 valence electrons. The number of benzene rings is 1. The number of anilines is 3. The largest absolute Gasteiger partial charge is 0.398 e. The van der Waals surface area contributed by atoms with Gasteiger partial charge in [-0.2, -0.15) is 5.26 Å². The summed E-state index contributed by atoms with van der Waals surface area (Å²) in [6, 6.07) is 11.7. The zero-order valence-electron chi connectivity index (χ0n) is 17.5. The zero-order valence-corrected chi connectivity index (χ0v) is 18.4. The molecule has 31 heavy (non-hydrogen) atoms. The first-order valence-electron chi connectivity index (χ1n) is 10.4. The molecule has 0 radical (unpaired) electrons. The van der Waals surface area contributed by atoms with Crippen LogP contribution >= 0.6 is 11.8 Å². The highest BCUT2D eigenvalue weighted by molar-refractivity contribution is 8.04. The lowest BCUT2D eigenvalue weighted by atomic mass is 10.1. The number of nitriles is 1. The van der Waals surface area contributed by atoms with Crippen molar-refractivity contribution in [2.45, 2.75) is 24.6 Å². The number of carbonyl (C=O) groups excluding carboxylic acids is 1. The fourth-order valence-corrected chi connectivity index (χ4v) is 4.97. The molecule has 2 aliphatic heterocycles. The van der Waals surface area contributed by atoms with Gasteiger partial charge in [0.15, 0.2) is 6.29 Å². The van der Waals surface area contributed by atoms with E-state index in [1.807, 2.05) is 19.3 Å². The molecular weight excluding hydrogens is 408 g/mol. The molecule has 0 spiro atoms. The molecule has 1 aromatic heterocycles. The first-order valence-corrected chi connectivity index (χ1v) is 11.3. The number of aldehydes is 1. The number of pyridine rings is 1. The van der Waals surface area contributed by atoms with Crippen LogP contribution in [0.5, 0.6) is 0 Å². The molecule has 1 fully saturated rings. The lowest BCUT2D eigenvalue weighted by Crippen LogP contribution is -2.22. The number of nitrogens with two attached hydrogens (primary N) is 1. The molecule has 1 saturated heterocycles. The Balaban J connectivity index is 1.38. The number of nitrogen functional groups attached to an aromatic ring is 1. The Morgan fingerprint density at radius 3 is 2.84 bits per heavy atom. The molecule has 1 atom stereocenters. The first-order chi connectivity index (χ1) is 15.1. The summed E-state index contributed by atoms with van der Waals surface area (Å²) >= 11 is 1.53. The van der Waals surface area contributed by atoms with Crippen LogP contribution in [0.4, 0.5) is 17.2 Å². The molecule has 3 heterocycles. The third kappa shape index (κ3) is 4.62. The standard InChI is InChI=1S/C23H26N6OS/c1-28(18-5-6-19(25)17(12-18)13-24)11-8-20-21(15-30)31-23(27-20)16-4-7-22(26-14-16)29-9-2-3-10-29/h4-7,12,14-15,23,27H,2-3,8-11,25H2,1H3. The molecule has 1 aromatic carbocycles. The second-order valence-corrected chi connectivity index (χ2v) is 8.95. The molecule has 3 N–H and O–H groups in total. The topological polar surface area (TPSA) is 98.3 Å². The zero-order chi connectivity index (χ0) is 21.8. The van der Waals surface area contributed by atoms with Crippen LogP contribution in [-0.2, 0) is 4.79 Å². The van der Waals surface area contributed by atoms with E-state index in [2.05, 4.69) is 38.3 Å². The van der Waals surface area contributed by atoms with Gasteiger partial charge in [-0.15, -0.1) is 0 Å². The van der Waals surface area contributed by atoms with Crippen molar-refractivity contribution in [2.24, 2.45) is 0 Å². The smallest absolute Gasteiger partial charge is 0.158 e. The average molecular weight is 435 g/mol. The number of carbonyl (C=O) groups is 1. The number of aromatic nitrogens is 1. The summed E-state index contributed by atoms with van der Waals surface area (Å²) in [5, 5.41) is 12.7. The van der Waals surface area contributed by atoms with Gasteiger partial charge in [0.05, 0.1) is 10.5 Å². The number of nitrogens with zero attached hydrogens (tertiary/aromatic N) is 4. The van der Waals surface area contributed by atoms with Crippen LogP contribution in [0.15, 0.2) is 47.1 Å². The predicted molar refractivity (Wildman–Crippen MR) is 126 cm³/mol. The number of nitrogens with one attached hydrogen (secondary N) is 1. The van der Waals surface area contributed by atoms with Gasteiger partial charge in [0.25, 0.3) is 0 Å². The molecule has 0 aliphatic carbocycles. The Hall–Kier alpha value is -3.18. The highest BCUT2D eigenvalue weighted by atomic mass is 32.2. The molecule has 0 saturated carbocycles. The van der Waals surface area contributed by atoms with Crippen molar-refractivity contribution >= 4 is 35.2 Å². The Kier molecular flexibility index (Phi) is 6.33. The minimum atomic E-state index is -0.0117. The molecule has 0 bridgehead atoms. The molecule has 4 rings (SSSR count). The van der Waals surface area contributed by atoms with Gasteiger partial charge in [-0.05, 0) is 37.1 Å². The molecule has 0 amide bonds. The summed E-state index contributed by atoms with van der Waals surface area (Å²) in [6.45, 7) is 2.84. The van der Waals surface area contributed by atoms with E-state index in [9.17, 15) is 10.1 Å². The molecule has 2 aromatic rings. The van der Waals surface area contributed by atoms with Crippen molar-refractivity contribution in [2.75, 3.05) is 42.2 Å². The Labute approximate surface area is 186 Å². The fraction of sp³-hybridized carbons (Fsp3) is 0.348. The van der Waals surface area contributed by atoms with E-state index in [-0.39, 0.29) is 5.37 Å². The Morgan fingerprint density at radius 1 is 1.35 bits per heavy atom. The van der Waals surface area contributed by atoms with Gasteiger partial charge < -0.3 is 20.9 Å². The van der Waals surface area contributed by atoms with Gasteiger partial charge in [-0.1, -0.05) is 17.8 Å². The highest BCUT2D eigenvalue weighted by Gasteiger charge is 2.26. The number of thioether (sulfide) groups is 1. The number of allylic oxidation sites excluding steroid dienone is 1. The van der Waals surface area contributed by atoms with Gasteiger partial charge in [-0.3, -0.25) is 4.79 Å². The van der Waals surface area contributed by atoms with Crippen LogP contribution in [-0.4, -0.2) is 38.0 Å². The number of rotatable bonds is 7. The number of hydrogen-bond donors (Lipinski definition) is 2. The quantitative estimate of drug-likeness (QED) is 0.505. The van der Waals surface area contributed by atoms with Crippen LogP contribution in [0.3, 0.4) is 0 Å². The Bertz CT molecular complexity index is 1020. The fourth-order valence-electron chi connectivity index (χ4n) is 3.88. The first kappa shape index (κ1) is 21.1. The maximum Gasteiger partial charge on any atom is 0.158 e. The highest BCUT2D eigenvalue weighted by Crippen LogP contribution is 2.40. The third-order valence-electron chi connectivity index (χ3n) is 5.75. The normalized spacial score (nSPS) is 18.1. The third-order valence-corrected chi connectivity index (χ3v) is 6.98. The molecular formula is C23H26N6OS. The van der Waals surface area contributed by atoms with Gasteiger partial charge in [0, 0.05) is 61.9 Å². The summed E-state index contributed by atoms with van der Waals surface area (Å²) in [4.78, 5) is 21.4. The van der Waals surface area contributed by atoms with E-state index >= 15 is 0 Å². The lowest BCUT2D eigenvalue weighted by molar-refractivity contribution is -0.104. The summed E-state index contributed by atoms with van der Waals surface area (Å²) in [7, 11) is 1.97. The van der Waals surface area contributed by atoms with E-state index in [1.54, 1.807) is 12.1 Å². The Morgan fingerprint density at radius 2 is 2.16 bits per heavy atom. The van der Waals surface area contributed by atoms with Crippen molar-refractivity contribution in [1.29, 1.82) is 5.26 Å². The second-order valence-electron chi connectivity index (χ2n) is 7.80. The summed E-state index contributed by atoms with van der Waals surface area (Å²) in [5.41, 5.74) is 9.69. The summed E-state index contributed by atoms with van der Waals surface area (Å²) < 4.78 is 0. The molecule has 2 aliphatic rings. The van der Waals surface area contributed by atoms with Crippen LogP contribution < -0.4 is 20.9 Å². The minimum Gasteiger partial charge on any atom is -0.398 e. The van der Waals surface area contributed by atoms with Gasteiger partial charge in [0.1, 0.15) is 17.3 Å². The molecule has 1 unspecified atom stereocenters. The van der Waals surface area contributed by atoms with E-state index in [1.165, 1.54) is 24.6 Å². The molecule has 8 heteroatoms. The van der Waals surface area contributed by atoms with E-state index in [0.717, 1.165) is 47.0 Å². The lowest BCUT2D eigenvalue weighted by Gasteiger charge is -2.21. The van der Waals surface area contributed by atoms with Crippen molar-refractivity contribution in [3.8, 4) is 6.07 Å². The van der Waals surface area contributed by atoms with Crippen molar-refractivity contribution in [1.82, 2.24) is 10.3 Å². The molecule has 7 nitrogen and oxygen atoms in total. The van der Waals surface area contributed by atoms with Crippen LogP contribution in [0.25, 0.3) is 0 Å². The summed E-state index contributed by atoms with van der Waals surface area (Å²) in [6.07, 6.45) is 5.98. The van der Waals surface area contributed by atoms with Crippen molar-refractivity contribution in [3.05, 3.63) is 58.3 Å². The van der Waals surface area contributed by atoms with Crippen molar-refractivity contribution < 1.29 is 4.79 Å². The van der Waals surface area contributed by atoms with E-state index in [0.29, 0.717) is 24.2 Å². The predicted octanol–water partition coefficient (Wildman–Crippen LogP) is 3.41. The second kappa shape index (κ2) is 9.31. The maximum atomic E-state index is 11.7. The monoisotopic (exact) mass is 434 g/mol. The number of hydrogen-bond acceptors (Lipinski definition) is 8. The summed E-state index contributed by atoms with van der Waals surface area (Å²) in [5.74, 6) is 1.02. The van der Waals surface area contributed by atoms with E-state index in [4.69, 9.17) is 5.73 Å². The van der Waals surface area contributed by atoms with Crippen LogP contribution in [0.1, 0.15) is 35.8 Å². The van der Waals surface area contributed by atoms with Crippen molar-refractivity contribution in [3.63, 3.8) is 0 Å². The van der Waals surface area contributed by atoms with Gasteiger partial charge >= 0.3 is 0 Å². The van der Waals surface area contributed by atoms with E-state index < -0.39 is 0 Å². The van der Waals surface area contributed by atoms with Crippen LogP contribution in [0.2, 0.25) is 0 Å². The van der Waals surface area contributed by atoms with Gasteiger partial charge in [-0.25, -0.2) is 4.98 Å². The SMILES string of the molecule is CN(CCC1=C(C=O)SC(c2ccc(N3CCCC3)nc2)N1)c1ccc(N)c(C#N)c1. The maximum absolute atomic E-state index is 11.7. The minimum absolute atomic E-state index is 0.0117. The van der Waals surface area contributed by atoms with Crippen LogP contribution in [0, 0.1) is 11.3 Å². The van der Waals surface area contributed by atoms with Gasteiger partial charge in [0.2, 0.25) is 0 Å².